The number of hydrogen-bond donors (Lipinski definition) is 3. The summed E-state index contributed by atoms with van der Waals surface area (Å²) < 4.78 is 61.3. The van der Waals surface area contributed by atoms with Crippen LogP contribution in [0.1, 0.15) is 0 Å². The standard InChI is InChI=1S/C9H13F3N4O3S/c10-9(11,12)6-16(3-4-17)20(18,19)7-1-2-8(15-13)14-5-7/h1-2,5,17H,3-4,6,13H2,(H,14,15). The van der Waals surface area contributed by atoms with Gasteiger partial charge < -0.3 is 10.5 Å². The Morgan fingerprint density at radius 2 is 2.05 bits per heavy atom. The molecule has 0 saturated heterocycles. The highest BCUT2D eigenvalue weighted by atomic mass is 32.2. The molecule has 0 radical (unpaired) electrons. The van der Waals surface area contributed by atoms with Crippen LogP contribution >= 0.6 is 0 Å². The first-order chi connectivity index (χ1) is 9.20. The van der Waals surface area contributed by atoms with Crippen molar-refractivity contribution >= 4 is 15.8 Å². The number of aliphatic hydroxyl groups excluding tert-OH is 1. The van der Waals surface area contributed by atoms with Gasteiger partial charge in [0.2, 0.25) is 10.0 Å². The summed E-state index contributed by atoms with van der Waals surface area (Å²) in [6.45, 7) is -3.09. The number of nitrogen functional groups attached to an aromatic ring is 1. The van der Waals surface area contributed by atoms with Gasteiger partial charge in [0.25, 0.3) is 0 Å². The molecule has 0 aromatic carbocycles. The van der Waals surface area contributed by atoms with Crippen LogP contribution < -0.4 is 11.3 Å². The zero-order chi connectivity index (χ0) is 15.4. The smallest absolute Gasteiger partial charge is 0.395 e. The summed E-state index contributed by atoms with van der Waals surface area (Å²) >= 11 is 0. The Balaban J connectivity index is 3.08. The van der Waals surface area contributed by atoms with Crippen molar-refractivity contribution in [2.45, 2.75) is 11.1 Å². The van der Waals surface area contributed by atoms with Gasteiger partial charge in [-0.1, -0.05) is 0 Å². The third-order valence-electron chi connectivity index (χ3n) is 2.23. The van der Waals surface area contributed by atoms with Crippen molar-refractivity contribution in [3.05, 3.63) is 18.3 Å². The maximum Gasteiger partial charge on any atom is 0.402 e. The quantitative estimate of drug-likeness (QED) is 0.500. The van der Waals surface area contributed by atoms with Crippen LogP contribution in [0.2, 0.25) is 0 Å². The number of alkyl halides is 3. The number of rotatable bonds is 6. The highest BCUT2D eigenvalue weighted by Gasteiger charge is 2.36. The van der Waals surface area contributed by atoms with Crippen LogP contribution in [0.3, 0.4) is 0 Å². The number of hydrazine groups is 1. The van der Waals surface area contributed by atoms with E-state index in [9.17, 15) is 21.6 Å². The van der Waals surface area contributed by atoms with Crippen molar-refractivity contribution in [2.24, 2.45) is 5.84 Å². The second-order valence-electron chi connectivity index (χ2n) is 3.70. The predicted octanol–water partition coefficient (Wildman–Crippen LogP) is -0.0875. The molecule has 7 nitrogen and oxygen atoms in total. The molecule has 0 atom stereocenters. The second-order valence-corrected chi connectivity index (χ2v) is 5.64. The number of aromatic nitrogens is 1. The molecule has 0 unspecified atom stereocenters. The first-order valence-electron chi connectivity index (χ1n) is 5.31. The third kappa shape index (κ3) is 4.30. The number of nitrogens with two attached hydrogens (primary N) is 1. The van der Waals surface area contributed by atoms with E-state index in [1.165, 1.54) is 6.07 Å². The van der Waals surface area contributed by atoms with Gasteiger partial charge in [-0.05, 0) is 12.1 Å². The van der Waals surface area contributed by atoms with Gasteiger partial charge in [0.05, 0.1) is 6.61 Å². The Morgan fingerprint density at radius 1 is 1.40 bits per heavy atom. The van der Waals surface area contributed by atoms with Crippen molar-refractivity contribution in [1.29, 1.82) is 0 Å². The molecule has 0 bridgehead atoms. The number of hydrogen-bond acceptors (Lipinski definition) is 6. The van der Waals surface area contributed by atoms with Crippen LogP contribution in [-0.2, 0) is 10.0 Å². The molecule has 0 aliphatic carbocycles. The number of halogens is 3. The van der Waals surface area contributed by atoms with Crippen molar-refractivity contribution in [3.8, 4) is 0 Å². The molecule has 4 N–H and O–H groups in total. The van der Waals surface area contributed by atoms with Gasteiger partial charge in [-0.3, -0.25) is 0 Å². The van der Waals surface area contributed by atoms with E-state index in [1.807, 2.05) is 0 Å². The Hall–Kier alpha value is -1.43. The van der Waals surface area contributed by atoms with Crippen molar-refractivity contribution in [3.63, 3.8) is 0 Å². The zero-order valence-corrected chi connectivity index (χ0v) is 10.9. The highest BCUT2D eigenvalue weighted by molar-refractivity contribution is 7.89. The van der Waals surface area contributed by atoms with Crippen molar-refractivity contribution in [1.82, 2.24) is 9.29 Å². The topological polar surface area (TPSA) is 109 Å². The molecule has 1 aromatic heterocycles. The van der Waals surface area contributed by atoms with Gasteiger partial charge in [0, 0.05) is 12.7 Å². The molecule has 0 aliphatic rings. The van der Waals surface area contributed by atoms with Crippen molar-refractivity contribution in [2.75, 3.05) is 25.1 Å². The van der Waals surface area contributed by atoms with E-state index < -0.39 is 40.8 Å². The number of anilines is 1. The lowest BCUT2D eigenvalue weighted by Gasteiger charge is -2.22. The van der Waals surface area contributed by atoms with Crippen LogP contribution in [0.25, 0.3) is 0 Å². The molecule has 1 heterocycles. The summed E-state index contributed by atoms with van der Waals surface area (Å²) in [6, 6.07) is 2.27. The number of pyridine rings is 1. The fourth-order valence-corrected chi connectivity index (χ4v) is 2.73. The summed E-state index contributed by atoms with van der Waals surface area (Å²) in [4.78, 5) is 3.19. The summed E-state index contributed by atoms with van der Waals surface area (Å²) in [5.41, 5.74) is 2.16. The average Bonchev–Trinajstić information content (AvgIpc) is 2.37. The SMILES string of the molecule is NNc1ccc(S(=O)(=O)N(CCO)CC(F)(F)F)cn1. The van der Waals surface area contributed by atoms with Gasteiger partial charge in [0.1, 0.15) is 17.3 Å². The summed E-state index contributed by atoms with van der Waals surface area (Å²) in [5, 5.41) is 8.71. The monoisotopic (exact) mass is 314 g/mol. The van der Waals surface area contributed by atoms with E-state index in [1.54, 1.807) is 0 Å². The van der Waals surface area contributed by atoms with Crippen LogP contribution in [0.4, 0.5) is 19.0 Å². The molecular formula is C9H13F3N4O3S. The van der Waals surface area contributed by atoms with E-state index in [4.69, 9.17) is 10.9 Å². The molecule has 0 amide bonds. The van der Waals surface area contributed by atoms with E-state index in [0.29, 0.717) is 0 Å². The normalized spacial score (nSPS) is 12.7. The molecule has 0 spiro atoms. The first kappa shape index (κ1) is 16.6. The summed E-state index contributed by atoms with van der Waals surface area (Å²) in [6.07, 6.45) is -3.83. The minimum atomic E-state index is -4.71. The number of sulfonamides is 1. The zero-order valence-electron chi connectivity index (χ0n) is 10.1. The lowest BCUT2D eigenvalue weighted by molar-refractivity contribution is -0.136. The first-order valence-corrected chi connectivity index (χ1v) is 6.75. The molecule has 1 aromatic rings. The Bertz CT molecular complexity index is 532. The van der Waals surface area contributed by atoms with E-state index in [-0.39, 0.29) is 10.1 Å². The number of nitrogens with zero attached hydrogens (tertiary/aromatic N) is 2. The fraction of sp³-hybridized carbons (Fsp3) is 0.444. The minimum Gasteiger partial charge on any atom is -0.395 e. The molecular weight excluding hydrogens is 301 g/mol. The molecule has 1 rings (SSSR count). The minimum absolute atomic E-state index is 0.138. The molecule has 11 heteroatoms. The van der Waals surface area contributed by atoms with Crippen LogP contribution in [0.5, 0.6) is 0 Å². The highest BCUT2D eigenvalue weighted by Crippen LogP contribution is 2.22. The van der Waals surface area contributed by atoms with E-state index in [0.717, 1.165) is 12.3 Å². The fourth-order valence-electron chi connectivity index (χ4n) is 1.36. The van der Waals surface area contributed by atoms with Gasteiger partial charge in [0.15, 0.2) is 0 Å². The van der Waals surface area contributed by atoms with Gasteiger partial charge >= 0.3 is 6.18 Å². The van der Waals surface area contributed by atoms with Gasteiger partial charge in [-0.15, -0.1) is 0 Å². The average molecular weight is 314 g/mol. The Labute approximate surface area is 113 Å². The van der Waals surface area contributed by atoms with Crippen LogP contribution in [0.15, 0.2) is 23.2 Å². The molecule has 0 saturated carbocycles. The maximum atomic E-state index is 12.4. The number of aliphatic hydroxyl groups is 1. The lowest BCUT2D eigenvalue weighted by atomic mass is 10.5. The number of nitrogens with one attached hydrogen (secondary N) is 1. The second kappa shape index (κ2) is 6.35. The molecule has 0 fully saturated rings. The largest absolute Gasteiger partial charge is 0.402 e. The van der Waals surface area contributed by atoms with E-state index >= 15 is 0 Å². The lowest BCUT2D eigenvalue weighted by Crippen LogP contribution is -2.40. The molecule has 0 aliphatic heterocycles. The third-order valence-corrected chi connectivity index (χ3v) is 4.06. The molecule has 20 heavy (non-hydrogen) atoms. The predicted molar refractivity (Wildman–Crippen MR) is 63.9 cm³/mol. The maximum absolute atomic E-state index is 12.4. The summed E-state index contributed by atoms with van der Waals surface area (Å²) in [7, 11) is -4.40. The van der Waals surface area contributed by atoms with Crippen LogP contribution in [0, 0.1) is 0 Å². The molecule has 114 valence electrons. The van der Waals surface area contributed by atoms with Crippen molar-refractivity contribution < 1.29 is 26.7 Å². The summed E-state index contributed by atoms with van der Waals surface area (Å²) in [5.74, 6) is 5.21. The Morgan fingerprint density at radius 3 is 2.45 bits per heavy atom. The van der Waals surface area contributed by atoms with Crippen LogP contribution in [-0.4, -0.2) is 48.7 Å². The van der Waals surface area contributed by atoms with Gasteiger partial charge in [-0.2, -0.15) is 17.5 Å². The Kier molecular flexibility index (Phi) is 5.28. The van der Waals surface area contributed by atoms with E-state index in [2.05, 4.69) is 10.4 Å². The van der Waals surface area contributed by atoms with Gasteiger partial charge in [-0.25, -0.2) is 19.2 Å².